The second-order valence-electron chi connectivity index (χ2n) is 5.13. The first-order valence-corrected chi connectivity index (χ1v) is 8.20. The first-order valence-electron chi connectivity index (χ1n) is 7.41. The van der Waals surface area contributed by atoms with Gasteiger partial charge in [0, 0.05) is 18.5 Å². The summed E-state index contributed by atoms with van der Waals surface area (Å²) in [5.74, 6) is 0.0568. The minimum atomic E-state index is -0.387. The fourth-order valence-corrected chi connectivity index (χ4v) is 2.55. The Labute approximate surface area is 151 Å². The number of rotatable bonds is 6. The molecule has 1 amide bonds. The number of carbonyl (C=O) groups is 1. The number of ether oxygens (including phenoxy) is 1. The number of halogens is 2. The third kappa shape index (κ3) is 4.87. The van der Waals surface area contributed by atoms with Gasteiger partial charge in [0.1, 0.15) is 11.6 Å². The Balaban J connectivity index is 1.53. The Kier molecular flexibility index (Phi) is 5.39. The van der Waals surface area contributed by atoms with Crippen molar-refractivity contribution >= 4 is 27.7 Å². The molecule has 1 aromatic carbocycles. The van der Waals surface area contributed by atoms with Crippen LogP contribution in [0.15, 0.2) is 59.3 Å². The predicted octanol–water partition coefficient (Wildman–Crippen LogP) is 3.25. The molecular weight excluding hydrogens is 391 g/mol. The molecule has 2 heterocycles. The molecule has 8 heteroatoms. The van der Waals surface area contributed by atoms with Crippen molar-refractivity contribution in [2.45, 2.75) is 6.54 Å². The Morgan fingerprint density at radius 2 is 2.16 bits per heavy atom. The largest absolute Gasteiger partial charge is 0.483 e. The quantitative estimate of drug-likeness (QED) is 0.684. The van der Waals surface area contributed by atoms with Crippen LogP contribution in [-0.4, -0.2) is 27.3 Å². The second kappa shape index (κ2) is 7.89. The molecular formula is C17H14BrFN4O2. The molecule has 6 nitrogen and oxygen atoms in total. The molecule has 0 aliphatic rings. The number of pyridine rings is 1. The van der Waals surface area contributed by atoms with E-state index in [1.54, 1.807) is 23.1 Å². The van der Waals surface area contributed by atoms with E-state index < -0.39 is 0 Å². The number of anilines is 1. The van der Waals surface area contributed by atoms with Crippen LogP contribution in [0.2, 0.25) is 0 Å². The molecule has 0 fully saturated rings. The minimum Gasteiger partial charge on any atom is -0.483 e. The highest BCUT2D eigenvalue weighted by Gasteiger charge is 2.09. The molecule has 0 saturated heterocycles. The van der Waals surface area contributed by atoms with Crippen LogP contribution in [0.1, 0.15) is 5.69 Å². The SMILES string of the molecule is O=C(COc1ccc(F)cc1Br)Nc1ccn(Cc2ccccn2)n1. The van der Waals surface area contributed by atoms with Gasteiger partial charge in [0.25, 0.3) is 5.91 Å². The van der Waals surface area contributed by atoms with E-state index in [0.717, 1.165) is 5.69 Å². The third-order valence-electron chi connectivity index (χ3n) is 3.21. The molecule has 1 N–H and O–H groups in total. The molecule has 3 aromatic rings. The van der Waals surface area contributed by atoms with Gasteiger partial charge in [-0.05, 0) is 46.3 Å². The number of amides is 1. The zero-order chi connectivity index (χ0) is 17.6. The van der Waals surface area contributed by atoms with Crippen molar-refractivity contribution in [1.82, 2.24) is 14.8 Å². The van der Waals surface area contributed by atoms with E-state index in [4.69, 9.17) is 4.74 Å². The molecule has 3 rings (SSSR count). The zero-order valence-electron chi connectivity index (χ0n) is 13.0. The summed E-state index contributed by atoms with van der Waals surface area (Å²) in [6, 6.07) is 11.3. The summed E-state index contributed by atoms with van der Waals surface area (Å²) < 4.78 is 20.5. The van der Waals surface area contributed by atoms with Gasteiger partial charge in [0.2, 0.25) is 0 Å². The van der Waals surface area contributed by atoms with Crippen molar-refractivity contribution in [3.8, 4) is 5.75 Å². The highest BCUT2D eigenvalue weighted by Crippen LogP contribution is 2.25. The molecule has 0 atom stereocenters. The molecule has 128 valence electrons. The first-order chi connectivity index (χ1) is 12.1. The number of hydrogen-bond acceptors (Lipinski definition) is 4. The summed E-state index contributed by atoms with van der Waals surface area (Å²) in [6.07, 6.45) is 3.47. The maximum absolute atomic E-state index is 13.0. The lowest BCUT2D eigenvalue weighted by Crippen LogP contribution is -2.20. The predicted molar refractivity (Wildman–Crippen MR) is 93.8 cm³/mol. The van der Waals surface area contributed by atoms with E-state index in [9.17, 15) is 9.18 Å². The monoisotopic (exact) mass is 404 g/mol. The highest BCUT2D eigenvalue weighted by molar-refractivity contribution is 9.10. The van der Waals surface area contributed by atoms with Gasteiger partial charge >= 0.3 is 0 Å². The maximum Gasteiger partial charge on any atom is 0.263 e. The Bertz CT molecular complexity index is 870. The van der Waals surface area contributed by atoms with Crippen LogP contribution >= 0.6 is 15.9 Å². The normalized spacial score (nSPS) is 10.5. The highest BCUT2D eigenvalue weighted by atomic mass is 79.9. The summed E-state index contributed by atoms with van der Waals surface area (Å²) in [5.41, 5.74) is 0.868. The van der Waals surface area contributed by atoms with Crippen LogP contribution in [0.4, 0.5) is 10.2 Å². The van der Waals surface area contributed by atoms with Gasteiger partial charge in [0.05, 0.1) is 16.7 Å². The van der Waals surface area contributed by atoms with Gasteiger partial charge < -0.3 is 10.1 Å². The number of aromatic nitrogens is 3. The van der Waals surface area contributed by atoms with Crippen LogP contribution in [0.25, 0.3) is 0 Å². The third-order valence-corrected chi connectivity index (χ3v) is 3.83. The first kappa shape index (κ1) is 17.1. The van der Waals surface area contributed by atoms with Gasteiger partial charge in [-0.15, -0.1) is 0 Å². The number of nitrogens with one attached hydrogen (secondary N) is 1. The number of hydrogen-bond donors (Lipinski definition) is 1. The maximum atomic E-state index is 13.0. The van der Waals surface area contributed by atoms with Crippen LogP contribution in [0.5, 0.6) is 5.75 Å². The molecule has 25 heavy (non-hydrogen) atoms. The van der Waals surface area contributed by atoms with E-state index in [0.29, 0.717) is 22.6 Å². The van der Waals surface area contributed by atoms with Gasteiger partial charge in [-0.3, -0.25) is 14.5 Å². The van der Waals surface area contributed by atoms with Crippen LogP contribution in [0.3, 0.4) is 0 Å². The average molecular weight is 405 g/mol. The summed E-state index contributed by atoms with van der Waals surface area (Å²) in [4.78, 5) is 16.2. The van der Waals surface area contributed by atoms with Crippen molar-refractivity contribution in [1.29, 1.82) is 0 Å². The van der Waals surface area contributed by atoms with Gasteiger partial charge in [-0.1, -0.05) is 6.07 Å². The summed E-state index contributed by atoms with van der Waals surface area (Å²) in [5, 5.41) is 6.90. The van der Waals surface area contributed by atoms with Gasteiger partial charge in [-0.25, -0.2) is 4.39 Å². The van der Waals surface area contributed by atoms with Crippen molar-refractivity contribution < 1.29 is 13.9 Å². The van der Waals surface area contributed by atoms with Crippen molar-refractivity contribution in [3.63, 3.8) is 0 Å². The lowest BCUT2D eigenvalue weighted by molar-refractivity contribution is -0.118. The van der Waals surface area contributed by atoms with E-state index in [1.165, 1.54) is 18.2 Å². The Morgan fingerprint density at radius 1 is 1.28 bits per heavy atom. The summed E-state index contributed by atoms with van der Waals surface area (Å²) >= 11 is 3.18. The fraction of sp³-hybridized carbons (Fsp3) is 0.118. The number of nitrogens with zero attached hydrogens (tertiary/aromatic N) is 3. The topological polar surface area (TPSA) is 69.0 Å². The fourth-order valence-electron chi connectivity index (χ4n) is 2.09. The summed E-state index contributed by atoms with van der Waals surface area (Å²) in [6.45, 7) is 0.299. The Hall–Kier alpha value is -2.74. The average Bonchev–Trinajstić information content (AvgIpc) is 3.02. The molecule has 0 unspecified atom stereocenters. The molecule has 0 spiro atoms. The van der Waals surface area contributed by atoms with Crippen LogP contribution in [0, 0.1) is 5.82 Å². The van der Waals surface area contributed by atoms with Crippen molar-refractivity contribution in [2.75, 3.05) is 11.9 Å². The second-order valence-corrected chi connectivity index (χ2v) is 5.99. The molecule has 2 aromatic heterocycles. The van der Waals surface area contributed by atoms with Crippen LogP contribution in [-0.2, 0) is 11.3 Å². The molecule has 0 radical (unpaired) electrons. The van der Waals surface area contributed by atoms with E-state index in [1.807, 2.05) is 18.2 Å². The van der Waals surface area contributed by atoms with Gasteiger partial charge in [0.15, 0.2) is 12.4 Å². The molecule has 0 saturated carbocycles. The Morgan fingerprint density at radius 3 is 2.92 bits per heavy atom. The standard InChI is InChI=1S/C17H14BrFN4O2/c18-14-9-12(19)4-5-15(14)25-11-17(24)21-16-6-8-23(22-16)10-13-3-1-2-7-20-13/h1-9H,10-11H2,(H,21,22,24). The van der Waals surface area contributed by atoms with Gasteiger partial charge in [-0.2, -0.15) is 5.10 Å². The number of benzene rings is 1. The molecule has 0 aliphatic heterocycles. The van der Waals surface area contributed by atoms with E-state index >= 15 is 0 Å². The lowest BCUT2D eigenvalue weighted by Gasteiger charge is -2.07. The number of carbonyl (C=O) groups excluding carboxylic acids is 1. The summed E-state index contributed by atoms with van der Waals surface area (Å²) in [7, 11) is 0. The van der Waals surface area contributed by atoms with Crippen molar-refractivity contribution in [2.24, 2.45) is 0 Å². The zero-order valence-corrected chi connectivity index (χ0v) is 14.6. The van der Waals surface area contributed by atoms with E-state index in [-0.39, 0.29) is 18.3 Å². The van der Waals surface area contributed by atoms with Crippen molar-refractivity contribution in [3.05, 3.63) is 70.8 Å². The minimum absolute atomic E-state index is 0.211. The smallest absolute Gasteiger partial charge is 0.263 e. The van der Waals surface area contributed by atoms with E-state index in [2.05, 4.69) is 31.3 Å². The molecule has 0 bridgehead atoms. The molecule has 0 aliphatic carbocycles. The van der Waals surface area contributed by atoms with Crippen LogP contribution < -0.4 is 10.1 Å². The lowest BCUT2D eigenvalue weighted by atomic mass is 10.3.